The summed E-state index contributed by atoms with van der Waals surface area (Å²) >= 11 is 4.57. The zero-order valence-corrected chi connectivity index (χ0v) is 12.4. The summed E-state index contributed by atoms with van der Waals surface area (Å²) in [7, 11) is -4.39. The van der Waals surface area contributed by atoms with Crippen molar-refractivity contribution in [3.8, 4) is 0 Å². The quantitative estimate of drug-likeness (QED) is 0.634. The van der Waals surface area contributed by atoms with Crippen LogP contribution in [-0.4, -0.2) is 25.6 Å². The molecule has 0 saturated heterocycles. The summed E-state index contributed by atoms with van der Waals surface area (Å²) in [6, 6.07) is 1.64. The number of hydrogen-bond donors (Lipinski definition) is 2. The van der Waals surface area contributed by atoms with E-state index in [1.807, 2.05) is 4.72 Å². The van der Waals surface area contributed by atoms with Gasteiger partial charge in [-0.25, -0.2) is 17.5 Å². The van der Waals surface area contributed by atoms with Gasteiger partial charge in [-0.15, -0.1) is 0 Å². The lowest BCUT2D eigenvalue weighted by molar-refractivity contribution is -0.137. The van der Waals surface area contributed by atoms with Gasteiger partial charge in [0.1, 0.15) is 10.8 Å². The molecule has 0 fully saturated rings. The monoisotopic (exact) mass is 344 g/mol. The van der Waals surface area contributed by atoms with Crippen LogP contribution in [0.5, 0.6) is 0 Å². The first kappa shape index (κ1) is 17.8. The lowest BCUT2D eigenvalue weighted by atomic mass is 10.2. The maximum Gasteiger partial charge on any atom is 0.390 e. The summed E-state index contributed by atoms with van der Waals surface area (Å²) in [6.45, 7) is 1.05. The molecule has 1 rings (SSSR count). The van der Waals surface area contributed by atoms with Gasteiger partial charge < -0.3 is 5.73 Å². The predicted molar refractivity (Wildman–Crippen MR) is 72.7 cm³/mol. The van der Waals surface area contributed by atoms with E-state index >= 15 is 0 Å². The predicted octanol–water partition coefficient (Wildman–Crippen LogP) is 2.08. The van der Waals surface area contributed by atoms with Gasteiger partial charge in [0.05, 0.1) is 16.9 Å². The molecule has 10 heteroatoms. The van der Waals surface area contributed by atoms with Crippen molar-refractivity contribution < 1.29 is 26.0 Å². The first-order valence-electron chi connectivity index (χ1n) is 5.61. The molecule has 0 aliphatic rings. The summed E-state index contributed by atoms with van der Waals surface area (Å²) in [5, 5.41) is 0. The van der Waals surface area contributed by atoms with E-state index in [1.165, 1.54) is 0 Å². The van der Waals surface area contributed by atoms with Crippen molar-refractivity contribution in [1.82, 2.24) is 4.72 Å². The molecular weight excluding hydrogens is 332 g/mol. The Bertz CT molecular complexity index is 644. The van der Waals surface area contributed by atoms with Gasteiger partial charge in [0.2, 0.25) is 10.0 Å². The van der Waals surface area contributed by atoms with Crippen LogP contribution in [0.15, 0.2) is 23.1 Å². The second-order valence-corrected chi connectivity index (χ2v) is 6.44. The second-order valence-electron chi connectivity index (χ2n) is 4.32. The Morgan fingerprint density at radius 1 is 1.43 bits per heavy atom. The van der Waals surface area contributed by atoms with E-state index in [0.717, 1.165) is 25.1 Å². The van der Waals surface area contributed by atoms with Crippen molar-refractivity contribution in [3.63, 3.8) is 0 Å². The van der Waals surface area contributed by atoms with Crippen molar-refractivity contribution in [1.29, 1.82) is 0 Å². The lowest BCUT2D eigenvalue weighted by Gasteiger charge is -2.17. The van der Waals surface area contributed by atoms with Gasteiger partial charge in [0, 0.05) is 6.04 Å². The first-order valence-corrected chi connectivity index (χ1v) is 7.50. The highest BCUT2D eigenvalue weighted by Crippen LogP contribution is 2.23. The molecule has 3 N–H and O–H groups in total. The Morgan fingerprint density at radius 2 is 2.00 bits per heavy atom. The molecule has 0 saturated carbocycles. The molecule has 0 heterocycles. The van der Waals surface area contributed by atoms with Crippen molar-refractivity contribution in [2.75, 3.05) is 0 Å². The Labute approximate surface area is 124 Å². The van der Waals surface area contributed by atoms with Crippen molar-refractivity contribution in [3.05, 3.63) is 29.6 Å². The molecule has 0 aromatic heterocycles. The van der Waals surface area contributed by atoms with Gasteiger partial charge in [0.15, 0.2) is 0 Å². The molecule has 0 bridgehead atoms. The number of alkyl halides is 3. The largest absolute Gasteiger partial charge is 0.390 e. The van der Waals surface area contributed by atoms with E-state index < -0.39 is 49.9 Å². The Hall–Kier alpha value is -1.26. The SMILES string of the molecule is CC(CC(F)(F)F)NS(=O)(=O)c1cccc(F)c1C(N)=S. The third-order valence-corrected chi connectivity index (χ3v) is 4.24. The van der Waals surface area contributed by atoms with Crippen molar-refractivity contribution in [2.45, 2.75) is 30.5 Å². The summed E-state index contributed by atoms with van der Waals surface area (Å²) in [5.74, 6) is -0.964. The Balaban J connectivity index is 3.15. The fourth-order valence-corrected chi connectivity index (χ4v) is 3.43. The summed E-state index contributed by atoms with van der Waals surface area (Å²) < 4.78 is 76.2. The fraction of sp³-hybridized carbons (Fsp3) is 0.364. The van der Waals surface area contributed by atoms with E-state index in [0.29, 0.717) is 0 Å². The third kappa shape index (κ3) is 4.90. The molecule has 1 aromatic rings. The normalized spacial score (nSPS) is 14.0. The van der Waals surface area contributed by atoms with Gasteiger partial charge >= 0.3 is 6.18 Å². The van der Waals surface area contributed by atoms with Gasteiger partial charge in [-0.3, -0.25) is 0 Å². The van der Waals surface area contributed by atoms with E-state index in [2.05, 4.69) is 12.2 Å². The molecule has 1 atom stereocenters. The zero-order valence-electron chi connectivity index (χ0n) is 10.7. The first-order chi connectivity index (χ1) is 9.44. The number of thiocarbonyl (C=S) groups is 1. The number of benzene rings is 1. The van der Waals surface area contributed by atoms with Gasteiger partial charge in [-0.05, 0) is 19.1 Å². The molecule has 118 valence electrons. The summed E-state index contributed by atoms with van der Waals surface area (Å²) in [5.41, 5.74) is 4.74. The molecular formula is C11H12F4N2O2S2. The number of sulfonamides is 1. The van der Waals surface area contributed by atoms with Gasteiger partial charge in [-0.1, -0.05) is 18.3 Å². The lowest BCUT2D eigenvalue weighted by Crippen LogP contribution is -2.37. The standard InChI is InChI=1S/C11H12F4N2O2S2/c1-6(5-11(13,14)15)17-21(18,19)8-4-2-3-7(12)9(8)10(16)20/h2-4,6,17H,5H2,1H3,(H2,16,20). The zero-order chi connectivity index (χ0) is 16.4. The average Bonchev–Trinajstić information content (AvgIpc) is 2.24. The number of rotatable bonds is 5. The highest BCUT2D eigenvalue weighted by atomic mass is 32.2. The van der Waals surface area contributed by atoms with E-state index in [1.54, 1.807) is 0 Å². The third-order valence-electron chi connectivity index (χ3n) is 2.41. The van der Waals surface area contributed by atoms with Crippen LogP contribution in [0, 0.1) is 5.82 Å². The van der Waals surface area contributed by atoms with E-state index in [-0.39, 0.29) is 0 Å². The number of hydrogen-bond acceptors (Lipinski definition) is 3. The maximum absolute atomic E-state index is 13.6. The molecule has 4 nitrogen and oxygen atoms in total. The van der Waals surface area contributed by atoms with Crippen molar-refractivity contribution >= 4 is 27.2 Å². The average molecular weight is 344 g/mol. The van der Waals surface area contributed by atoms with Crippen LogP contribution in [0.25, 0.3) is 0 Å². The number of halogens is 4. The maximum atomic E-state index is 13.6. The highest BCUT2D eigenvalue weighted by Gasteiger charge is 2.33. The minimum atomic E-state index is -4.53. The molecule has 1 aromatic carbocycles. The minimum absolute atomic E-state index is 0.503. The topological polar surface area (TPSA) is 72.2 Å². The number of nitrogens with two attached hydrogens (primary N) is 1. The van der Waals surface area contributed by atoms with Crippen LogP contribution in [0.1, 0.15) is 18.9 Å². The molecule has 0 spiro atoms. The van der Waals surface area contributed by atoms with Crippen LogP contribution in [0.3, 0.4) is 0 Å². The van der Waals surface area contributed by atoms with Crippen molar-refractivity contribution in [2.24, 2.45) is 5.73 Å². The van der Waals surface area contributed by atoms with Crippen LogP contribution < -0.4 is 10.5 Å². The van der Waals surface area contributed by atoms with Crippen LogP contribution in [0.4, 0.5) is 17.6 Å². The smallest absolute Gasteiger partial charge is 0.389 e. The summed E-state index contributed by atoms with van der Waals surface area (Å²) in [4.78, 5) is -1.10. The minimum Gasteiger partial charge on any atom is -0.389 e. The fourth-order valence-electron chi connectivity index (χ4n) is 1.68. The molecule has 0 aliphatic heterocycles. The van der Waals surface area contributed by atoms with Gasteiger partial charge in [0.25, 0.3) is 0 Å². The number of nitrogens with one attached hydrogen (secondary N) is 1. The molecule has 0 radical (unpaired) electrons. The molecule has 1 unspecified atom stereocenters. The molecule has 21 heavy (non-hydrogen) atoms. The molecule has 0 amide bonds. The van der Waals surface area contributed by atoms with Crippen LogP contribution in [0.2, 0.25) is 0 Å². The Kier molecular flexibility index (Phi) is 5.29. The second kappa shape index (κ2) is 6.24. The summed E-state index contributed by atoms with van der Waals surface area (Å²) in [6.07, 6.45) is -5.89. The van der Waals surface area contributed by atoms with E-state index in [9.17, 15) is 26.0 Å². The van der Waals surface area contributed by atoms with E-state index in [4.69, 9.17) is 5.73 Å². The van der Waals surface area contributed by atoms with Crippen LogP contribution in [-0.2, 0) is 10.0 Å². The molecule has 0 aliphatic carbocycles. The van der Waals surface area contributed by atoms with Gasteiger partial charge in [-0.2, -0.15) is 13.2 Å². The highest BCUT2D eigenvalue weighted by molar-refractivity contribution is 7.89. The Morgan fingerprint density at radius 3 is 2.48 bits per heavy atom. The van der Waals surface area contributed by atoms with Crippen LogP contribution >= 0.6 is 12.2 Å².